The Hall–Kier alpha value is -3.32. The summed E-state index contributed by atoms with van der Waals surface area (Å²) in [5.41, 5.74) is 10.1. The highest BCUT2D eigenvalue weighted by Crippen LogP contribution is 2.30. The van der Waals surface area contributed by atoms with Gasteiger partial charge in [-0.25, -0.2) is 0 Å². The van der Waals surface area contributed by atoms with Crippen molar-refractivity contribution in [2.24, 2.45) is 0 Å². The predicted octanol–water partition coefficient (Wildman–Crippen LogP) is 9.04. The van der Waals surface area contributed by atoms with Crippen molar-refractivity contribution >= 4 is 11.4 Å². The van der Waals surface area contributed by atoms with Gasteiger partial charge < -0.3 is 4.90 Å². The van der Waals surface area contributed by atoms with E-state index in [1.165, 1.54) is 44.8 Å². The average molecular weight is 420 g/mol. The highest BCUT2D eigenvalue weighted by atomic mass is 15.1. The van der Waals surface area contributed by atoms with Crippen molar-refractivity contribution in [3.63, 3.8) is 0 Å². The molecule has 0 saturated heterocycles. The van der Waals surface area contributed by atoms with Gasteiger partial charge in [0.25, 0.3) is 0 Å². The molecule has 0 spiro atoms. The third-order valence-corrected chi connectivity index (χ3v) is 6.33. The van der Waals surface area contributed by atoms with Crippen LogP contribution in [0.15, 0.2) is 97.1 Å². The first-order valence-corrected chi connectivity index (χ1v) is 11.6. The van der Waals surface area contributed by atoms with Gasteiger partial charge in [0.2, 0.25) is 0 Å². The highest BCUT2D eigenvalue weighted by molar-refractivity contribution is 5.72. The van der Waals surface area contributed by atoms with Gasteiger partial charge in [0.05, 0.1) is 0 Å². The maximum Gasteiger partial charge on any atom is 0.0408 e. The fourth-order valence-corrected chi connectivity index (χ4v) is 4.02. The number of hydrogen-bond acceptors (Lipinski definition) is 1. The van der Waals surface area contributed by atoms with Crippen LogP contribution in [-0.2, 0) is 0 Å². The lowest BCUT2D eigenvalue weighted by atomic mass is 9.98. The molecule has 0 aliphatic rings. The summed E-state index contributed by atoms with van der Waals surface area (Å²) in [5, 5.41) is 0. The molecule has 0 atom stereocenters. The molecule has 0 amide bonds. The molecule has 1 nitrogen and oxygen atoms in total. The summed E-state index contributed by atoms with van der Waals surface area (Å²) in [7, 11) is 2.12. The minimum Gasteiger partial charge on any atom is -0.345 e. The molecule has 162 valence electrons. The lowest BCUT2D eigenvalue weighted by molar-refractivity contribution is 0.867. The zero-order valence-electron chi connectivity index (χ0n) is 19.8. The molecule has 4 rings (SSSR count). The molecule has 0 aliphatic heterocycles. The second-order valence-electron chi connectivity index (χ2n) is 9.21. The number of anilines is 2. The molecule has 0 N–H and O–H groups in total. The van der Waals surface area contributed by atoms with Crippen LogP contribution in [0.2, 0.25) is 0 Å². The third kappa shape index (κ3) is 4.78. The monoisotopic (exact) mass is 419 g/mol. The third-order valence-electron chi connectivity index (χ3n) is 6.33. The van der Waals surface area contributed by atoms with Gasteiger partial charge in [-0.2, -0.15) is 0 Å². The molecule has 4 aromatic rings. The van der Waals surface area contributed by atoms with Crippen molar-refractivity contribution in [2.75, 3.05) is 11.9 Å². The second-order valence-corrected chi connectivity index (χ2v) is 9.21. The van der Waals surface area contributed by atoms with Crippen LogP contribution in [0.3, 0.4) is 0 Å². The van der Waals surface area contributed by atoms with Crippen LogP contribution in [0.5, 0.6) is 0 Å². The fraction of sp³-hybridized carbons (Fsp3) is 0.226. The lowest BCUT2D eigenvalue weighted by Crippen LogP contribution is -2.08. The van der Waals surface area contributed by atoms with E-state index in [1.807, 2.05) is 0 Å². The van der Waals surface area contributed by atoms with E-state index in [1.54, 1.807) is 0 Å². The summed E-state index contributed by atoms with van der Waals surface area (Å²) in [6.07, 6.45) is 0. The maximum atomic E-state index is 2.23. The Labute approximate surface area is 193 Å². The van der Waals surface area contributed by atoms with Crippen LogP contribution in [0.1, 0.15) is 50.7 Å². The maximum absolute atomic E-state index is 2.23. The van der Waals surface area contributed by atoms with Crippen molar-refractivity contribution in [1.82, 2.24) is 0 Å². The molecule has 0 heterocycles. The van der Waals surface area contributed by atoms with Gasteiger partial charge in [-0.05, 0) is 69.5 Å². The number of benzene rings is 4. The first kappa shape index (κ1) is 21.9. The van der Waals surface area contributed by atoms with Crippen molar-refractivity contribution in [2.45, 2.75) is 39.5 Å². The van der Waals surface area contributed by atoms with E-state index in [0.29, 0.717) is 11.8 Å². The number of hydrogen-bond donors (Lipinski definition) is 0. The van der Waals surface area contributed by atoms with Gasteiger partial charge >= 0.3 is 0 Å². The summed E-state index contributed by atoms with van der Waals surface area (Å²) < 4.78 is 0. The van der Waals surface area contributed by atoms with Gasteiger partial charge in [0, 0.05) is 18.4 Å². The van der Waals surface area contributed by atoms with Crippen molar-refractivity contribution < 1.29 is 0 Å². The van der Waals surface area contributed by atoms with E-state index in [2.05, 4.69) is 137 Å². The van der Waals surface area contributed by atoms with Crippen LogP contribution in [0.25, 0.3) is 22.3 Å². The molecular weight excluding hydrogens is 386 g/mol. The fourth-order valence-electron chi connectivity index (χ4n) is 4.02. The summed E-state index contributed by atoms with van der Waals surface area (Å²) >= 11 is 0. The molecule has 0 unspecified atom stereocenters. The van der Waals surface area contributed by atoms with Crippen LogP contribution >= 0.6 is 0 Å². The molecule has 4 aromatic carbocycles. The van der Waals surface area contributed by atoms with Crippen LogP contribution < -0.4 is 4.90 Å². The summed E-state index contributed by atoms with van der Waals surface area (Å²) in [4.78, 5) is 2.23. The molecule has 0 aromatic heterocycles. The smallest absolute Gasteiger partial charge is 0.0408 e. The summed E-state index contributed by atoms with van der Waals surface area (Å²) in [5.74, 6) is 1.12. The SMILES string of the molecule is CC(C)c1ccc(-c2ccc(N(C)c3ccc(-c4ccc(C(C)C)cc4)cc3)cc2)cc1. The van der Waals surface area contributed by atoms with Crippen molar-refractivity contribution in [3.05, 3.63) is 108 Å². The highest BCUT2D eigenvalue weighted by Gasteiger charge is 2.07. The Bertz CT molecular complexity index is 1040. The molecule has 0 aliphatic carbocycles. The Morgan fingerprint density at radius 2 is 0.656 bits per heavy atom. The zero-order chi connectivity index (χ0) is 22.7. The Kier molecular flexibility index (Phi) is 6.46. The van der Waals surface area contributed by atoms with Crippen LogP contribution in [-0.4, -0.2) is 7.05 Å². The van der Waals surface area contributed by atoms with E-state index in [0.717, 1.165) is 0 Å². The van der Waals surface area contributed by atoms with Gasteiger partial charge in [-0.15, -0.1) is 0 Å². The quantitative estimate of drug-likeness (QED) is 0.301. The minimum atomic E-state index is 0.561. The topological polar surface area (TPSA) is 3.24 Å². The Balaban J connectivity index is 1.48. The van der Waals surface area contributed by atoms with Crippen LogP contribution in [0.4, 0.5) is 11.4 Å². The van der Waals surface area contributed by atoms with Crippen molar-refractivity contribution in [3.8, 4) is 22.3 Å². The Morgan fingerprint density at radius 1 is 0.406 bits per heavy atom. The molecule has 32 heavy (non-hydrogen) atoms. The first-order valence-electron chi connectivity index (χ1n) is 11.6. The number of rotatable bonds is 6. The first-order chi connectivity index (χ1) is 15.4. The van der Waals surface area contributed by atoms with E-state index < -0.39 is 0 Å². The van der Waals surface area contributed by atoms with Gasteiger partial charge in [-0.1, -0.05) is 100 Å². The summed E-state index contributed by atoms with van der Waals surface area (Å²) in [6.45, 7) is 8.92. The van der Waals surface area contributed by atoms with E-state index >= 15 is 0 Å². The van der Waals surface area contributed by atoms with E-state index in [9.17, 15) is 0 Å². The lowest BCUT2D eigenvalue weighted by Gasteiger charge is -2.20. The van der Waals surface area contributed by atoms with Gasteiger partial charge in [0.15, 0.2) is 0 Å². The van der Waals surface area contributed by atoms with Crippen LogP contribution in [0, 0.1) is 0 Å². The molecule has 0 saturated carbocycles. The largest absolute Gasteiger partial charge is 0.345 e. The molecule has 0 fully saturated rings. The minimum absolute atomic E-state index is 0.561. The molecule has 0 radical (unpaired) electrons. The Morgan fingerprint density at radius 3 is 0.906 bits per heavy atom. The van der Waals surface area contributed by atoms with Crippen molar-refractivity contribution in [1.29, 1.82) is 0 Å². The standard InChI is InChI=1S/C31H33N/c1-22(2)24-6-10-26(11-7-24)28-14-18-30(19-15-28)32(5)31-20-16-29(17-21-31)27-12-8-25(9-13-27)23(3)4/h6-23H,1-5H3. The molecule has 1 heteroatoms. The van der Waals surface area contributed by atoms with Gasteiger partial charge in [0.1, 0.15) is 0 Å². The average Bonchev–Trinajstić information content (AvgIpc) is 2.84. The number of nitrogens with zero attached hydrogens (tertiary/aromatic N) is 1. The normalized spacial score (nSPS) is 11.2. The van der Waals surface area contributed by atoms with E-state index in [-0.39, 0.29) is 0 Å². The molecular formula is C31H33N. The predicted molar refractivity (Wildman–Crippen MR) is 140 cm³/mol. The van der Waals surface area contributed by atoms with Gasteiger partial charge in [-0.3, -0.25) is 0 Å². The summed E-state index contributed by atoms with van der Waals surface area (Å²) in [6, 6.07) is 35.5. The second kappa shape index (κ2) is 9.44. The molecule has 0 bridgehead atoms. The van der Waals surface area contributed by atoms with E-state index in [4.69, 9.17) is 0 Å². The zero-order valence-corrected chi connectivity index (χ0v) is 19.8.